The molecule has 0 atom stereocenters. The second-order valence-corrected chi connectivity index (χ2v) is 25.4. The van der Waals surface area contributed by atoms with Crippen LogP contribution < -0.4 is 31.0 Å². The van der Waals surface area contributed by atoms with E-state index in [0.29, 0.717) is 42.9 Å². The highest BCUT2D eigenvalue weighted by Crippen LogP contribution is 2.30. The number of rotatable bonds is 6. The molecule has 33 nitrogen and oxygen atoms in total. The fourth-order valence-electron chi connectivity index (χ4n) is 10.8. The minimum absolute atomic E-state index is 0. The number of hydrogen-bond donors (Lipinski definition) is 14. The molecule has 18 aromatic heterocycles. The van der Waals surface area contributed by atoms with Crippen molar-refractivity contribution in [3.63, 3.8) is 0 Å². The van der Waals surface area contributed by atoms with Gasteiger partial charge in [-0.2, -0.15) is 0 Å². The van der Waals surface area contributed by atoms with Crippen molar-refractivity contribution in [3.05, 3.63) is 309 Å². The number of amides is 1. The number of anilines is 3. The predicted molar refractivity (Wildman–Crippen MR) is 472 cm³/mol. The largest absolute Gasteiger partial charge is 0.398 e. The SMILES string of the molecule is C.C.C.C.C.C.C.C.Nc1ccnc2[nH]ccc12.Nc1ccnc2[nH]ccc12.O=C(Cl)c1cc2ccccc2s1.O=C(Nc1ccnc2[nH]ccc12)c1cc2ccccc2s1.O=[N+]([O-])c1c[nH]c2c1ccc[n+]2O.O=[N+]([O-])c1cc[n+](O)c2[nH]ccc12.O=[N+]([O-])c1ccnc2[nH]ccc12.O[n+]1cccc2cc[nH]c21.c1cnc2[nH]ccc2c1. The molecule has 0 saturated carbocycles. The number of nitrogens with zero attached hydrogens (tertiary/aromatic N) is 11. The van der Waals surface area contributed by atoms with E-state index in [1.165, 1.54) is 71.9 Å². The number of nitrogens with two attached hydrogens (primary N) is 2. The van der Waals surface area contributed by atoms with Gasteiger partial charge in [0.05, 0.1) is 59.4 Å². The summed E-state index contributed by atoms with van der Waals surface area (Å²) >= 11 is 8.27. The first-order valence-corrected chi connectivity index (χ1v) is 34.5. The molecule has 0 aliphatic rings. The Morgan fingerprint density at radius 1 is 0.381 bits per heavy atom. The van der Waals surface area contributed by atoms with Gasteiger partial charge in [0, 0.05) is 110 Å². The topological polar surface area (TPSA) is 491 Å². The zero-order valence-corrected chi connectivity index (χ0v) is 59.2. The highest BCUT2D eigenvalue weighted by molar-refractivity contribution is 7.22. The van der Waals surface area contributed by atoms with Gasteiger partial charge in [0.1, 0.15) is 57.6 Å². The van der Waals surface area contributed by atoms with Crippen LogP contribution in [0.3, 0.4) is 0 Å². The number of nitrogens with one attached hydrogen (secondary N) is 9. The van der Waals surface area contributed by atoms with Crippen LogP contribution in [0.25, 0.3) is 108 Å². The lowest BCUT2D eigenvalue weighted by Crippen LogP contribution is -2.30. The molecule has 36 heteroatoms. The molecule has 1 amide bonds. The second-order valence-electron chi connectivity index (χ2n) is 22.9. The number of nitro groups is 3. The van der Waals surface area contributed by atoms with Gasteiger partial charge in [0.15, 0.2) is 6.20 Å². The van der Waals surface area contributed by atoms with Gasteiger partial charge < -0.3 is 57.3 Å². The number of thiophene rings is 2. The molecule has 20 aromatic rings. The first-order valence-electron chi connectivity index (χ1n) is 32.4. The van der Waals surface area contributed by atoms with Crippen LogP contribution in [0.1, 0.15) is 78.8 Å². The van der Waals surface area contributed by atoms with Crippen LogP contribution in [0, 0.1) is 30.3 Å². The number of fused-ring (bicyclic) bond motifs is 10. The molecule has 2 aromatic carbocycles. The first kappa shape index (κ1) is 94.9. The van der Waals surface area contributed by atoms with Crippen molar-refractivity contribution in [1.82, 2.24) is 64.8 Å². The van der Waals surface area contributed by atoms with E-state index in [1.54, 1.807) is 85.8 Å². The minimum Gasteiger partial charge on any atom is -0.398 e. The van der Waals surface area contributed by atoms with Crippen LogP contribution >= 0.6 is 34.3 Å². The summed E-state index contributed by atoms with van der Waals surface area (Å²) < 4.78 is 4.89. The smallest absolute Gasteiger partial charge is 0.333 e. The Kier molecular flexibility index (Phi) is 35.5. The van der Waals surface area contributed by atoms with E-state index < -0.39 is 14.8 Å². The lowest BCUT2D eigenvalue weighted by atomic mass is 10.2. The predicted octanol–water partition coefficient (Wildman–Crippen LogP) is 19.6. The van der Waals surface area contributed by atoms with Crippen molar-refractivity contribution in [2.24, 2.45) is 0 Å². The number of hydrogen-bond acceptors (Lipinski definition) is 20. The van der Waals surface area contributed by atoms with Crippen LogP contribution in [0.4, 0.5) is 34.1 Å². The molecular weight excluding hydrogens is 1570 g/mol. The molecule has 20 rings (SSSR count). The Labute approximate surface area is 688 Å². The van der Waals surface area contributed by atoms with Crippen molar-refractivity contribution in [1.29, 1.82) is 0 Å². The monoisotopic (exact) mass is 1660 g/mol. The van der Waals surface area contributed by atoms with Gasteiger partial charge >= 0.3 is 22.6 Å². The number of carbonyl (C=O) groups excluding carboxylic acids is 2. The molecule has 16 N–H and O–H groups in total. The molecule has 0 radical (unpaired) electrons. The van der Waals surface area contributed by atoms with Crippen molar-refractivity contribution in [3.8, 4) is 0 Å². The molecule has 0 saturated heterocycles. The summed E-state index contributed by atoms with van der Waals surface area (Å²) in [5.41, 5.74) is 18.9. The molecular formula is C82H92ClN22O11S2+3. The zero-order chi connectivity index (χ0) is 77.2. The highest BCUT2D eigenvalue weighted by atomic mass is 35.5. The Morgan fingerprint density at radius 3 is 1.34 bits per heavy atom. The van der Waals surface area contributed by atoms with E-state index in [2.05, 4.69) is 70.1 Å². The fourth-order valence-corrected chi connectivity index (χ4v) is 12.8. The van der Waals surface area contributed by atoms with E-state index in [-0.39, 0.29) is 87.6 Å². The molecule has 0 aliphatic carbocycles. The molecule has 118 heavy (non-hydrogen) atoms. The number of H-pyrrole nitrogens is 8. The fraction of sp³-hybridized carbons (Fsp3) is 0.0976. The Morgan fingerprint density at radius 2 is 0.780 bits per heavy atom. The third-order valence-corrected chi connectivity index (χ3v) is 18.5. The lowest BCUT2D eigenvalue weighted by molar-refractivity contribution is -0.886. The van der Waals surface area contributed by atoms with Gasteiger partial charge in [0.25, 0.3) is 22.5 Å². The number of halogens is 1. The molecule has 0 spiro atoms. The molecule has 0 fully saturated rings. The van der Waals surface area contributed by atoms with Gasteiger partial charge in [-0.15, -0.1) is 22.7 Å². The average Bonchev–Trinajstić information content (AvgIpc) is 1.65. The lowest BCUT2D eigenvalue weighted by Gasteiger charge is -2.04. The third kappa shape index (κ3) is 22.7. The van der Waals surface area contributed by atoms with Crippen LogP contribution in [-0.4, -0.2) is 106 Å². The number of aromatic nitrogens is 16. The van der Waals surface area contributed by atoms with E-state index in [9.17, 15) is 50.3 Å². The van der Waals surface area contributed by atoms with Crippen molar-refractivity contribution >= 4 is 188 Å². The van der Waals surface area contributed by atoms with E-state index in [4.69, 9.17) is 28.3 Å². The number of nitrogen functional groups attached to an aromatic ring is 2. The van der Waals surface area contributed by atoms with Crippen LogP contribution in [0.15, 0.2) is 269 Å². The number of benzene rings is 2. The first-order chi connectivity index (χ1) is 53.4. The summed E-state index contributed by atoms with van der Waals surface area (Å²) in [6.45, 7) is 0. The van der Waals surface area contributed by atoms with Crippen molar-refractivity contribution < 1.29 is 54.2 Å². The maximum atomic E-state index is 12.4. The summed E-state index contributed by atoms with van der Waals surface area (Å²) in [7, 11) is 0. The minimum atomic E-state index is -0.501. The summed E-state index contributed by atoms with van der Waals surface area (Å²) in [5, 5.41) is 70.2. The quantitative estimate of drug-likeness (QED) is 0.0242. The van der Waals surface area contributed by atoms with Gasteiger partial charge in [0.2, 0.25) is 0 Å². The van der Waals surface area contributed by atoms with Crippen LogP contribution in [0.2, 0.25) is 0 Å². The van der Waals surface area contributed by atoms with Crippen LogP contribution in [0.5, 0.6) is 0 Å². The van der Waals surface area contributed by atoms with Crippen LogP contribution in [-0.2, 0) is 0 Å². The Hall–Kier alpha value is -15.5. The molecule has 612 valence electrons. The van der Waals surface area contributed by atoms with Crippen molar-refractivity contribution in [2.45, 2.75) is 59.4 Å². The number of pyridine rings is 8. The van der Waals surface area contributed by atoms with Gasteiger partial charge in [-0.3, -0.25) is 39.9 Å². The second kappa shape index (κ2) is 44.1. The average molecular weight is 1660 g/mol. The number of carbonyl (C=O) groups is 2. The van der Waals surface area contributed by atoms with Gasteiger partial charge in [-0.25, -0.2) is 39.9 Å². The van der Waals surface area contributed by atoms with Gasteiger partial charge in [-0.05, 0) is 144 Å². The molecule has 0 aliphatic heterocycles. The zero-order valence-electron chi connectivity index (χ0n) is 56.8. The maximum Gasteiger partial charge on any atom is 0.333 e. The van der Waals surface area contributed by atoms with E-state index in [0.717, 1.165) is 107 Å². The Bertz CT molecular complexity index is 6340. The third-order valence-electron chi connectivity index (χ3n) is 16.0. The molecule has 18 heterocycles. The van der Waals surface area contributed by atoms with E-state index >= 15 is 0 Å². The standard InChI is InChI=1S/C16H11N3OS.C9H5ClOS.2C7H5N3O3.C7H5N3O2.2C7H7N3.C7H6N2O.C7H6N2.8CH4/c20-16(14-9-10-3-1-2-4-13(10)21-14)19-12-6-8-18-15-11(12)5-7-17-15;10-9(11)8-5-6-3-1-2-4-7(6)12-8;11-9-4-2-6(10(12)13)5-1-3-8-7(5)9;11-9-3-1-2-5-6(10(12)13)4-8-7(5)9;11-10(12)6-2-4-9-7-5(6)1-3-8-7;2*8-6-2-4-10-7-5(6)1-3-9-7;10-9-5-1-2-6-3-4-8-7(6)9;1-2-6-3-5-9-7(6)8-4-1;;;;;;;;/h1-9H,(H2,17,18,19,20);1-5H;2*1-4,11H;1-4H,(H,8,9);2*1-4H,(H3,8,9,10);1-5,10H;1-5H,(H,8,9);8*1H4/p+3. The normalized spacial score (nSPS) is 9.81. The number of aromatic amines is 8. The Balaban J connectivity index is 0.000000280. The summed E-state index contributed by atoms with van der Waals surface area (Å²) in [4.78, 5) is 97.9. The summed E-state index contributed by atoms with van der Waals surface area (Å²) in [6, 6.07) is 51.2. The summed E-state index contributed by atoms with van der Waals surface area (Å²) in [5.74, 6) is -0.0927. The highest BCUT2D eigenvalue weighted by Gasteiger charge is 2.22. The van der Waals surface area contributed by atoms with Gasteiger partial charge in [-0.1, -0.05) is 110 Å². The van der Waals surface area contributed by atoms with E-state index in [1.807, 2.05) is 134 Å². The van der Waals surface area contributed by atoms with Crippen molar-refractivity contribution in [2.75, 3.05) is 16.8 Å². The molecule has 0 unspecified atom stereocenters. The summed E-state index contributed by atoms with van der Waals surface area (Å²) in [6.07, 6.45) is 26.0. The maximum absolute atomic E-state index is 12.4. The molecule has 0 bridgehead atoms.